The highest BCUT2D eigenvalue weighted by atomic mass is 35.5. The Kier molecular flexibility index (Phi) is 8.63. The maximum atomic E-state index is 12.7. The summed E-state index contributed by atoms with van der Waals surface area (Å²) in [4.78, 5) is 26.0. The molecule has 8 heteroatoms. The summed E-state index contributed by atoms with van der Waals surface area (Å²) in [5, 5.41) is 6.19. The molecule has 156 valence electrons. The third-order valence-corrected chi connectivity index (χ3v) is 5.12. The zero-order chi connectivity index (χ0) is 20.6. The SMILES string of the molecule is CC(F)(F)CCC(=O)NCCN1CCC(CNC(=O)c2cccc(Cl)c2)CC1. The fourth-order valence-electron chi connectivity index (χ4n) is 3.16. The highest BCUT2D eigenvalue weighted by molar-refractivity contribution is 6.30. The van der Waals surface area contributed by atoms with Crippen LogP contribution in [0.4, 0.5) is 8.78 Å². The molecule has 0 radical (unpaired) electrons. The largest absolute Gasteiger partial charge is 0.355 e. The Morgan fingerprint density at radius 2 is 1.96 bits per heavy atom. The number of hydrogen-bond acceptors (Lipinski definition) is 3. The molecular weight excluding hydrogens is 388 g/mol. The van der Waals surface area contributed by atoms with Crippen LogP contribution in [0, 0.1) is 5.92 Å². The van der Waals surface area contributed by atoms with Crippen LogP contribution in [-0.4, -0.2) is 55.4 Å². The second-order valence-corrected chi connectivity index (χ2v) is 7.86. The molecule has 0 spiro atoms. The summed E-state index contributed by atoms with van der Waals surface area (Å²) in [5.41, 5.74) is 0.557. The predicted octanol–water partition coefficient (Wildman–Crippen LogP) is 3.33. The van der Waals surface area contributed by atoms with E-state index >= 15 is 0 Å². The zero-order valence-corrected chi connectivity index (χ0v) is 16.9. The normalized spacial score (nSPS) is 16.0. The average Bonchev–Trinajstić information content (AvgIpc) is 2.65. The summed E-state index contributed by atoms with van der Waals surface area (Å²) in [6.45, 7) is 4.39. The van der Waals surface area contributed by atoms with Crippen molar-refractivity contribution in [2.24, 2.45) is 5.92 Å². The smallest absolute Gasteiger partial charge is 0.251 e. The van der Waals surface area contributed by atoms with Crippen molar-refractivity contribution in [2.75, 3.05) is 32.7 Å². The number of hydrogen-bond donors (Lipinski definition) is 2. The van der Waals surface area contributed by atoms with E-state index in [1.165, 1.54) is 0 Å². The fraction of sp³-hybridized carbons (Fsp3) is 0.600. The number of benzene rings is 1. The molecule has 1 saturated heterocycles. The first kappa shape index (κ1) is 22.6. The van der Waals surface area contributed by atoms with Crippen LogP contribution < -0.4 is 10.6 Å². The molecule has 1 heterocycles. The summed E-state index contributed by atoms with van der Waals surface area (Å²) in [7, 11) is 0. The van der Waals surface area contributed by atoms with Crippen LogP contribution in [0.15, 0.2) is 24.3 Å². The van der Waals surface area contributed by atoms with Crippen LogP contribution in [0.1, 0.15) is 43.0 Å². The molecule has 0 aliphatic carbocycles. The summed E-state index contributed by atoms with van der Waals surface area (Å²) in [5.74, 6) is -2.84. The minimum atomic E-state index is -2.80. The molecule has 1 aromatic rings. The Bertz CT molecular complexity index is 659. The van der Waals surface area contributed by atoms with Crippen LogP contribution in [-0.2, 0) is 4.79 Å². The number of rotatable bonds is 9. The standard InChI is InChI=1S/C20H28ClF2N3O2/c1-20(22,23)8-5-18(27)24-9-12-26-10-6-15(7-11-26)14-25-19(28)16-3-2-4-17(21)13-16/h2-4,13,15H,5-12,14H2,1H3,(H,24,27)(H,25,28). The van der Waals surface area contributed by atoms with Crippen molar-refractivity contribution in [3.63, 3.8) is 0 Å². The van der Waals surface area contributed by atoms with Gasteiger partial charge in [0.1, 0.15) is 0 Å². The summed E-state index contributed by atoms with van der Waals surface area (Å²) in [6, 6.07) is 6.87. The molecule has 1 fully saturated rings. The van der Waals surface area contributed by atoms with Crippen LogP contribution in [0.2, 0.25) is 5.02 Å². The van der Waals surface area contributed by atoms with Gasteiger partial charge in [-0.15, -0.1) is 0 Å². The van der Waals surface area contributed by atoms with Gasteiger partial charge < -0.3 is 15.5 Å². The lowest BCUT2D eigenvalue weighted by atomic mass is 9.96. The van der Waals surface area contributed by atoms with Crippen molar-refractivity contribution in [3.8, 4) is 0 Å². The minimum Gasteiger partial charge on any atom is -0.355 e. The van der Waals surface area contributed by atoms with Gasteiger partial charge in [0.15, 0.2) is 0 Å². The van der Waals surface area contributed by atoms with Gasteiger partial charge in [0.25, 0.3) is 5.91 Å². The third kappa shape index (κ3) is 8.52. The van der Waals surface area contributed by atoms with Crippen LogP contribution in [0.5, 0.6) is 0 Å². The van der Waals surface area contributed by atoms with Gasteiger partial charge in [0.05, 0.1) is 0 Å². The summed E-state index contributed by atoms with van der Waals surface area (Å²) in [6.07, 6.45) is 1.35. The molecule has 0 saturated carbocycles. The molecule has 0 unspecified atom stereocenters. The van der Waals surface area contributed by atoms with E-state index < -0.39 is 12.3 Å². The van der Waals surface area contributed by atoms with E-state index in [-0.39, 0.29) is 18.2 Å². The Morgan fingerprint density at radius 1 is 1.25 bits per heavy atom. The molecule has 0 bridgehead atoms. The molecule has 2 N–H and O–H groups in total. The maximum absolute atomic E-state index is 12.7. The van der Waals surface area contributed by atoms with Crippen molar-refractivity contribution in [2.45, 2.75) is 38.5 Å². The monoisotopic (exact) mass is 415 g/mol. The number of nitrogens with zero attached hydrogens (tertiary/aromatic N) is 1. The van der Waals surface area contributed by atoms with Crippen molar-refractivity contribution in [1.82, 2.24) is 15.5 Å². The van der Waals surface area contributed by atoms with Gasteiger partial charge in [-0.25, -0.2) is 8.78 Å². The molecule has 2 rings (SSSR count). The van der Waals surface area contributed by atoms with Gasteiger partial charge in [-0.05, 0) is 57.0 Å². The number of carbonyl (C=O) groups excluding carboxylic acids is 2. The number of halogens is 3. The number of piperidine rings is 1. The van der Waals surface area contributed by atoms with Crippen molar-refractivity contribution in [3.05, 3.63) is 34.9 Å². The summed E-state index contributed by atoms with van der Waals surface area (Å²) >= 11 is 5.91. The van der Waals surface area contributed by atoms with Crippen molar-refractivity contribution in [1.29, 1.82) is 0 Å². The molecule has 28 heavy (non-hydrogen) atoms. The third-order valence-electron chi connectivity index (χ3n) is 4.89. The molecule has 0 aromatic heterocycles. The molecule has 2 amide bonds. The van der Waals surface area contributed by atoms with E-state index in [2.05, 4.69) is 15.5 Å². The van der Waals surface area contributed by atoms with Gasteiger partial charge in [0, 0.05) is 43.1 Å². The van der Waals surface area contributed by atoms with Crippen LogP contribution in [0.25, 0.3) is 0 Å². The quantitative estimate of drug-likeness (QED) is 0.650. The second-order valence-electron chi connectivity index (χ2n) is 7.43. The number of likely N-dealkylation sites (tertiary alicyclic amines) is 1. The van der Waals surface area contributed by atoms with Gasteiger partial charge >= 0.3 is 0 Å². The molecule has 1 aliphatic rings. The second kappa shape index (κ2) is 10.7. The van der Waals surface area contributed by atoms with E-state index in [4.69, 9.17) is 11.6 Å². The number of carbonyl (C=O) groups is 2. The first-order valence-electron chi connectivity index (χ1n) is 9.63. The van der Waals surface area contributed by atoms with E-state index in [1.807, 2.05) is 0 Å². The topological polar surface area (TPSA) is 61.4 Å². The molecule has 0 atom stereocenters. The molecule has 5 nitrogen and oxygen atoms in total. The summed E-state index contributed by atoms with van der Waals surface area (Å²) < 4.78 is 25.5. The van der Waals surface area contributed by atoms with E-state index in [1.54, 1.807) is 24.3 Å². The average molecular weight is 416 g/mol. The number of nitrogens with one attached hydrogen (secondary N) is 2. The van der Waals surface area contributed by atoms with Crippen molar-refractivity contribution < 1.29 is 18.4 Å². The van der Waals surface area contributed by atoms with E-state index in [0.29, 0.717) is 36.1 Å². The van der Waals surface area contributed by atoms with Crippen LogP contribution in [0.3, 0.4) is 0 Å². The minimum absolute atomic E-state index is 0.120. The van der Waals surface area contributed by atoms with Gasteiger partial charge in [-0.3, -0.25) is 9.59 Å². The van der Waals surface area contributed by atoms with Crippen molar-refractivity contribution >= 4 is 23.4 Å². The Balaban J connectivity index is 1.58. The molecular formula is C20H28ClF2N3O2. The molecule has 1 aromatic carbocycles. The predicted molar refractivity (Wildman–Crippen MR) is 106 cm³/mol. The zero-order valence-electron chi connectivity index (χ0n) is 16.1. The van der Waals surface area contributed by atoms with Crippen LogP contribution >= 0.6 is 11.6 Å². The fourth-order valence-corrected chi connectivity index (χ4v) is 3.35. The highest BCUT2D eigenvalue weighted by Crippen LogP contribution is 2.18. The Hall–Kier alpha value is -1.73. The lowest BCUT2D eigenvalue weighted by molar-refractivity contribution is -0.122. The highest BCUT2D eigenvalue weighted by Gasteiger charge is 2.22. The van der Waals surface area contributed by atoms with E-state index in [0.717, 1.165) is 32.9 Å². The first-order chi connectivity index (χ1) is 13.2. The Labute approximate surface area is 169 Å². The number of alkyl halides is 2. The molecule has 1 aliphatic heterocycles. The van der Waals surface area contributed by atoms with Gasteiger partial charge in [-0.2, -0.15) is 0 Å². The first-order valence-corrected chi connectivity index (χ1v) is 10.0. The van der Waals surface area contributed by atoms with Gasteiger partial charge in [0.2, 0.25) is 11.8 Å². The number of amides is 2. The van der Waals surface area contributed by atoms with Gasteiger partial charge in [-0.1, -0.05) is 17.7 Å². The lowest BCUT2D eigenvalue weighted by Gasteiger charge is -2.32. The maximum Gasteiger partial charge on any atom is 0.251 e. The lowest BCUT2D eigenvalue weighted by Crippen LogP contribution is -2.42. The Morgan fingerprint density at radius 3 is 2.61 bits per heavy atom. The van der Waals surface area contributed by atoms with E-state index in [9.17, 15) is 18.4 Å².